The molecule has 1 saturated heterocycles. The first-order valence-corrected chi connectivity index (χ1v) is 7.79. The number of aryl methyl sites for hydroxylation is 1. The second kappa shape index (κ2) is 6.64. The van der Waals surface area contributed by atoms with E-state index in [0.29, 0.717) is 32.4 Å². The lowest BCUT2D eigenvalue weighted by Gasteiger charge is -2.15. The van der Waals surface area contributed by atoms with Gasteiger partial charge in [0.1, 0.15) is 0 Å². The Morgan fingerprint density at radius 1 is 1.26 bits per heavy atom. The van der Waals surface area contributed by atoms with Crippen molar-refractivity contribution < 1.29 is 9.59 Å². The van der Waals surface area contributed by atoms with Crippen molar-refractivity contribution in [1.82, 2.24) is 14.7 Å². The molecule has 0 spiro atoms. The van der Waals surface area contributed by atoms with E-state index in [9.17, 15) is 9.59 Å². The van der Waals surface area contributed by atoms with Crippen molar-refractivity contribution in [3.8, 4) is 5.69 Å². The number of likely N-dealkylation sites (tertiary alicyclic amines) is 1. The number of carbonyl (C=O) groups is 2. The van der Waals surface area contributed by atoms with Crippen LogP contribution in [0, 0.1) is 5.92 Å². The van der Waals surface area contributed by atoms with Gasteiger partial charge < -0.3 is 10.6 Å². The first-order chi connectivity index (χ1) is 11.1. The van der Waals surface area contributed by atoms with Gasteiger partial charge in [0, 0.05) is 25.7 Å². The molecule has 2 N–H and O–H groups in total. The van der Waals surface area contributed by atoms with Crippen LogP contribution >= 0.6 is 0 Å². The zero-order valence-corrected chi connectivity index (χ0v) is 12.9. The van der Waals surface area contributed by atoms with Crippen LogP contribution in [-0.4, -0.2) is 39.6 Å². The number of aromatic nitrogens is 2. The van der Waals surface area contributed by atoms with Crippen molar-refractivity contribution in [2.75, 3.05) is 13.1 Å². The van der Waals surface area contributed by atoms with Crippen molar-refractivity contribution in [2.24, 2.45) is 11.7 Å². The van der Waals surface area contributed by atoms with Crippen LogP contribution in [0.5, 0.6) is 0 Å². The van der Waals surface area contributed by atoms with E-state index in [4.69, 9.17) is 5.73 Å². The van der Waals surface area contributed by atoms with Crippen molar-refractivity contribution in [2.45, 2.75) is 19.3 Å². The summed E-state index contributed by atoms with van der Waals surface area (Å²) in [5.74, 6) is -0.439. The Morgan fingerprint density at radius 3 is 2.74 bits per heavy atom. The number of amides is 2. The summed E-state index contributed by atoms with van der Waals surface area (Å²) in [6.45, 7) is 1.08. The molecule has 0 aliphatic carbocycles. The third kappa shape index (κ3) is 3.59. The van der Waals surface area contributed by atoms with E-state index >= 15 is 0 Å². The van der Waals surface area contributed by atoms with Crippen molar-refractivity contribution in [3.05, 3.63) is 48.3 Å². The Kier molecular flexibility index (Phi) is 4.41. The monoisotopic (exact) mass is 312 g/mol. The number of rotatable bonds is 5. The number of hydrogen-bond acceptors (Lipinski definition) is 3. The average molecular weight is 312 g/mol. The minimum Gasteiger partial charge on any atom is -0.369 e. The zero-order chi connectivity index (χ0) is 16.2. The molecule has 1 aromatic carbocycles. The molecule has 2 heterocycles. The van der Waals surface area contributed by atoms with Crippen molar-refractivity contribution in [1.29, 1.82) is 0 Å². The fourth-order valence-electron chi connectivity index (χ4n) is 2.84. The maximum absolute atomic E-state index is 12.2. The van der Waals surface area contributed by atoms with E-state index in [-0.39, 0.29) is 17.7 Å². The number of para-hydroxylation sites is 1. The molecular formula is C17H20N4O2. The van der Waals surface area contributed by atoms with Crippen LogP contribution in [0.15, 0.2) is 42.7 Å². The minimum atomic E-state index is -0.315. The average Bonchev–Trinajstić information content (AvgIpc) is 3.23. The molecule has 1 aliphatic rings. The number of nitrogens with two attached hydrogens (primary N) is 1. The van der Waals surface area contributed by atoms with E-state index in [2.05, 4.69) is 5.10 Å². The number of primary amides is 1. The molecule has 2 amide bonds. The van der Waals surface area contributed by atoms with Crippen molar-refractivity contribution >= 4 is 11.8 Å². The Hall–Kier alpha value is -2.63. The second-order valence-corrected chi connectivity index (χ2v) is 5.86. The minimum absolute atomic E-state index is 0.0706. The predicted octanol–water partition coefficient (Wildman–Crippen LogP) is 1.14. The van der Waals surface area contributed by atoms with E-state index in [1.54, 1.807) is 15.8 Å². The van der Waals surface area contributed by atoms with Gasteiger partial charge in [0.25, 0.3) is 0 Å². The Bertz CT molecular complexity index is 696. The van der Waals surface area contributed by atoms with Gasteiger partial charge in [0.05, 0.1) is 17.8 Å². The molecule has 2 aromatic rings. The summed E-state index contributed by atoms with van der Waals surface area (Å²) < 4.78 is 1.80. The Balaban J connectivity index is 1.54. The largest absolute Gasteiger partial charge is 0.369 e. The summed E-state index contributed by atoms with van der Waals surface area (Å²) in [5.41, 5.74) is 7.31. The lowest BCUT2D eigenvalue weighted by Crippen LogP contribution is -2.31. The number of nitrogens with zero attached hydrogens (tertiary/aromatic N) is 3. The van der Waals surface area contributed by atoms with Gasteiger partial charge in [-0.1, -0.05) is 18.2 Å². The summed E-state index contributed by atoms with van der Waals surface area (Å²) in [7, 11) is 0. The van der Waals surface area contributed by atoms with Crippen LogP contribution in [0.1, 0.15) is 18.4 Å². The zero-order valence-electron chi connectivity index (χ0n) is 12.9. The van der Waals surface area contributed by atoms with Gasteiger partial charge in [0.15, 0.2) is 0 Å². The number of benzene rings is 1. The normalized spacial score (nSPS) is 17.4. The molecule has 23 heavy (non-hydrogen) atoms. The molecule has 0 unspecified atom stereocenters. The molecule has 1 atom stereocenters. The summed E-state index contributed by atoms with van der Waals surface area (Å²) in [6.07, 6.45) is 5.47. The summed E-state index contributed by atoms with van der Waals surface area (Å²) in [4.78, 5) is 25.1. The maximum Gasteiger partial charge on any atom is 0.222 e. The van der Waals surface area contributed by atoms with Gasteiger partial charge in [0.2, 0.25) is 11.8 Å². The number of hydrogen-bond donors (Lipinski definition) is 1. The molecule has 0 radical (unpaired) electrons. The Labute approximate surface area is 134 Å². The third-order valence-electron chi connectivity index (χ3n) is 4.23. The fraction of sp³-hybridized carbons (Fsp3) is 0.353. The quantitative estimate of drug-likeness (QED) is 0.899. The molecule has 6 nitrogen and oxygen atoms in total. The highest BCUT2D eigenvalue weighted by Crippen LogP contribution is 2.17. The van der Waals surface area contributed by atoms with Crippen LogP contribution in [0.4, 0.5) is 0 Å². The first kappa shape index (κ1) is 15.3. The van der Waals surface area contributed by atoms with Gasteiger partial charge in [-0.05, 0) is 30.5 Å². The molecular weight excluding hydrogens is 292 g/mol. The maximum atomic E-state index is 12.2. The van der Waals surface area contributed by atoms with Gasteiger partial charge in [-0.2, -0.15) is 5.10 Å². The standard InChI is InChI=1S/C17H20N4O2/c18-17(23)14-8-9-20(12-14)16(22)7-6-13-10-19-21(11-13)15-4-2-1-3-5-15/h1-5,10-11,14H,6-9,12H2,(H2,18,23)/t14-/m1/s1. The third-order valence-corrected chi connectivity index (χ3v) is 4.23. The molecule has 0 saturated carbocycles. The summed E-state index contributed by atoms with van der Waals surface area (Å²) in [5, 5.41) is 4.33. The van der Waals surface area contributed by atoms with E-state index in [0.717, 1.165) is 11.3 Å². The molecule has 6 heteroatoms. The summed E-state index contributed by atoms with van der Waals surface area (Å²) in [6, 6.07) is 9.85. The molecule has 1 aliphatic heterocycles. The van der Waals surface area contributed by atoms with Gasteiger partial charge in [-0.25, -0.2) is 4.68 Å². The lowest BCUT2D eigenvalue weighted by molar-refractivity contribution is -0.130. The SMILES string of the molecule is NC(=O)[C@@H]1CCN(C(=O)CCc2cnn(-c3ccccc3)c2)C1. The smallest absolute Gasteiger partial charge is 0.222 e. The lowest BCUT2D eigenvalue weighted by atomic mass is 10.1. The van der Waals surface area contributed by atoms with Crippen LogP contribution in [-0.2, 0) is 16.0 Å². The van der Waals surface area contributed by atoms with Gasteiger partial charge in [-0.15, -0.1) is 0 Å². The topological polar surface area (TPSA) is 81.2 Å². The predicted molar refractivity (Wildman–Crippen MR) is 85.8 cm³/mol. The van der Waals surface area contributed by atoms with E-state index in [1.165, 1.54) is 0 Å². The fourth-order valence-corrected chi connectivity index (χ4v) is 2.84. The molecule has 0 bridgehead atoms. The number of carbonyl (C=O) groups excluding carboxylic acids is 2. The highest BCUT2D eigenvalue weighted by molar-refractivity contribution is 5.81. The van der Waals surface area contributed by atoms with Gasteiger partial charge in [-0.3, -0.25) is 9.59 Å². The van der Waals surface area contributed by atoms with Crippen LogP contribution < -0.4 is 5.73 Å². The second-order valence-electron chi connectivity index (χ2n) is 5.86. The van der Waals surface area contributed by atoms with Crippen LogP contribution in [0.25, 0.3) is 5.69 Å². The van der Waals surface area contributed by atoms with E-state index < -0.39 is 0 Å². The van der Waals surface area contributed by atoms with Crippen LogP contribution in [0.3, 0.4) is 0 Å². The molecule has 3 rings (SSSR count). The Morgan fingerprint density at radius 2 is 2.04 bits per heavy atom. The van der Waals surface area contributed by atoms with Crippen LogP contribution in [0.2, 0.25) is 0 Å². The molecule has 120 valence electrons. The summed E-state index contributed by atoms with van der Waals surface area (Å²) >= 11 is 0. The van der Waals surface area contributed by atoms with E-state index in [1.807, 2.05) is 36.5 Å². The van der Waals surface area contributed by atoms with Gasteiger partial charge >= 0.3 is 0 Å². The van der Waals surface area contributed by atoms with Crippen molar-refractivity contribution in [3.63, 3.8) is 0 Å². The highest BCUT2D eigenvalue weighted by atomic mass is 16.2. The first-order valence-electron chi connectivity index (χ1n) is 7.79. The molecule has 1 aromatic heterocycles. The molecule has 1 fully saturated rings. The highest BCUT2D eigenvalue weighted by Gasteiger charge is 2.29.